The Kier molecular flexibility index (Phi) is 7.60. The molecule has 5 heteroatoms. The number of hydrogen-bond donors (Lipinski definition) is 1. The number of likely N-dealkylation sites (tertiary alicyclic amines) is 1. The van der Waals surface area contributed by atoms with E-state index >= 15 is 0 Å². The lowest BCUT2D eigenvalue weighted by atomic mass is 9.88. The fourth-order valence-electron chi connectivity index (χ4n) is 3.69. The van der Waals surface area contributed by atoms with Crippen LogP contribution in [0.2, 0.25) is 5.02 Å². The number of quaternary nitrogens is 1. The van der Waals surface area contributed by atoms with Crippen molar-refractivity contribution < 1.29 is 22.1 Å². The van der Waals surface area contributed by atoms with Crippen molar-refractivity contribution in [1.29, 1.82) is 0 Å². The fraction of sp³-hybridized carbons (Fsp3) is 0.364. The van der Waals surface area contributed by atoms with Gasteiger partial charge in [-0.3, -0.25) is 4.79 Å². The van der Waals surface area contributed by atoms with Gasteiger partial charge in [-0.25, -0.2) is 4.99 Å². The summed E-state index contributed by atoms with van der Waals surface area (Å²) >= 11 is 6.07. The number of carbonyl (C=O) groups is 1. The van der Waals surface area contributed by atoms with Gasteiger partial charge in [-0.05, 0) is 57.4 Å². The van der Waals surface area contributed by atoms with E-state index in [0.29, 0.717) is 10.6 Å². The van der Waals surface area contributed by atoms with Crippen molar-refractivity contribution in [2.75, 3.05) is 13.1 Å². The average Bonchev–Trinajstić information content (AvgIpc) is 2.68. The zero-order valence-corrected chi connectivity index (χ0v) is 17.4. The molecule has 1 amide bonds. The highest BCUT2D eigenvalue weighted by molar-refractivity contribution is 6.30. The van der Waals surface area contributed by atoms with Crippen LogP contribution in [0.1, 0.15) is 49.0 Å². The first-order valence-corrected chi connectivity index (χ1v) is 9.66. The molecule has 1 N–H and O–H groups in total. The number of nitrogens with one attached hydrogen (secondary N) is 1. The summed E-state index contributed by atoms with van der Waals surface area (Å²) in [5.41, 5.74) is 2.16. The zero-order chi connectivity index (χ0) is 18.6. The molecule has 0 saturated carbocycles. The molecule has 3 nitrogen and oxygen atoms in total. The summed E-state index contributed by atoms with van der Waals surface area (Å²) in [7, 11) is 0. The largest absolute Gasteiger partial charge is 1.00 e. The van der Waals surface area contributed by atoms with Gasteiger partial charge in [-0.1, -0.05) is 41.9 Å². The molecule has 144 valence electrons. The third-order valence-electron chi connectivity index (χ3n) is 5.28. The summed E-state index contributed by atoms with van der Waals surface area (Å²) in [6.07, 6.45) is 3.73. The quantitative estimate of drug-likeness (QED) is 0.752. The third-order valence-corrected chi connectivity index (χ3v) is 5.54. The molecular weight excluding hydrogens is 379 g/mol. The second-order valence-electron chi connectivity index (χ2n) is 7.43. The molecule has 0 radical (unpaired) electrons. The van der Waals surface area contributed by atoms with Crippen molar-refractivity contribution in [3.8, 4) is 0 Å². The topological polar surface area (TPSA) is 33.9 Å². The molecule has 1 saturated heterocycles. The highest BCUT2D eigenvalue weighted by Gasteiger charge is 2.38. The Labute approximate surface area is 172 Å². The van der Waals surface area contributed by atoms with E-state index in [1.807, 2.05) is 54.6 Å². The molecule has 0 unspecified atom stereocenters. The van der Waals surface area contributed by atoms with E-state index in [0.717, 1.165) is 24.4 Å². The zero-order valence-electron chi connectivity index (χ0n) is 15.8. The van der Waals surface area contributed by atoms with E-state index in [-0.39, 0.29) is 23.9 Å². The first kappa shape index (κ1) is 21.6. The SMILES string of the molecule is CC(C)(C(=NC(=O)c1ccccc1)c1ccc(Cl)cc1)[NH+]1CCCCC1.[Cl-]. The molecule has 1 aliphatic heterocycles. The van der Waals surface area contributed by atoms with Crippen molar-refractivity contribution in [1.82, 2.24) is 0 Å². The number of hydrogen-bond acceptors (Lipinski definition) is 1. The van der Waals surface area contributed by atoms with Gasteiger partial charge >= 0.3 is 0 Å². The highest BCUT2D eigenvalue weighted by atomic mass is 35.5. The lowest BCUT2D eigenvalue weighted by Gasteiger charge is -2.38. The maximum absolute atomic E-state index is 12.8. The predicted octanol–water partition coefficient (Wildman–Crippen LogP) is 0.821. The molecule has 0 atom stereocenters. The summed E-state index contributed by atoms with van der Waals surface area (Å²) in [6.45, 7) is 6.61. The molecule has 1 heterocycles. The first-order chi connectivity index (χ1) is 12.5. The monoisotopic (exact) mass is 404 g/mol. The highest BCUT2D eigenvalue weighted by Crippen LogP contribution is 2.18. The minimum atomic E-state index is -0.251. The fourth-order valence-corrected chi connectivity index (χ4v) is 3.82. The lowest BCUT2D eigenvalue weighted by molar-refractivity contribution is -0.941. The summed E-state index contributed by atoms with van der Waals surface area (Å²) in [5, 5.41) is 0.686. The van der Waals surface area contributed by atoms with Crippen LogP contribution in [-0.4, -0.2) is 30.2 Å². The summed E-state index contributed by atoms with van der Waals surface area (Å²) < 4.78 is 0. The van der Waals surface area contributed by atoms with Crippen LogP contribution in [0.5, 0.6) is 0 Å². The Morgan fingerprint density at radius 3 is 2.11 bits per heavy atom. The molecular formula is C22H26Cl2N2O. The normalized spacial score (nSPS) is 15.9. The molecule has 1 fully saturated rings. The van der Waals surface area contributed by atoms with E-state index in [2.05, 4.69) is 18.8 Å². The predicted molar refractivity (Wildman–Crippen MR) is 107 cm³/mol. The molecule has 2 aromatic rings. The number of halogens is 2. The van der Waals surface area contributed by atoms with Crippen molar-refractivity contribution in [2.45, 2.75) is 38.6 Å². The van der Waals surface area contributed by atoms with E-state index in [4.69, 9.17) is 11.6 Å². The molecule has 1 aliphatic rings. The Balaban J connectivity index is 0.00000261. The molecule has 0 spiro atoms. The number of piperidine rings is 1. The maximum atomic E-state index is 12.8. The molecule has 0 bridgehead atoms. The standard InChI is InChI=1S/C22H25ClN2O.ClH/c1-22(2,25-15-7-4-8-16-25)20(17-11-13-19(23)14-12-17)24-21(26)18-9-5-3-6-10-18;/h3,5-6,9-14H,4,7-8,15-16H2,1-2H3;1H. The van der Waals surface area contributed by atoms with Crippen LogP contribution in [0.3, 0.4) is 0 Å². The molecule has 27 heavy (non-hydrogen) atoms. The summed E-state index contributed by atoms with van der Waals surface area (Å²) in [5.74, 6) is -0.194. The number of carbonyl (C=O) groups excluding carboxylic acids is 1. The summed E-state index contributed by atoms with van der Waals surface area (Å²) in [6, 6.07) is 16.9. The number of amides is 1. The van der Waals surface area contributed by atoms with Gasteiger partial charge in [0.05, 0.1) is 13.1 Å². The Morgan fingerprint density at radius 2 is 1.52 bits per heavy atom. The first-order valence-electron chi connectivity index (χ1n) is 9.28. The van der Waals surface area contributed by atoms with Crippen LogP contribution >= 0.6 is 11.6 Å². The van der Waals surface area contributed by atoms with Crippen LogP contribution in [0.4, 0.5) is 0 Å². The molecule has 2 aromatic carbocycles. The van der Waals surface area contributed by atoms with Crippen LogP contribution in [-0.2, 0) is 0 Å². The van der Waals surface area contributed by atoms with Gasteiger partial charge in [0.15, 0.2) is 0 Å². The number of nitrogens with zero attached hydrogens (tertiary/aromatic N) is 1. The van der Waals surface area contributed by atoms with Gasteiger partial charge in [0, 0.05) is 16.1 Å². The maximum Gasteiger partial charge on any atom is 0.277 e. The number of aliphatic imine (C=N–C) groups is 1. The van der Waals surface area contributed by atoms with Gasteiger partial charge in [0.2, 0.25) is 0 Å². The minimum Gasteiger partial charge on any atom is -1.00 e. The number of rotatable bonds is 4. The van der Waals surface area contributed by atoms with E-state index < -0.39 is 0 Å². The van der Waals surface area contributed by atoms with Gasteiger partial charge in [-0.2, -0.15) is 0 Å². The minimum absolute atomic E-state index is 0. The van der Waals surface area contributed by atoms with Crippen LogP contribution < -0.4 is 17.3 Å². The van der Waals surface area contributed by atoms with Crippen molar-refractivity contribution in [2.24, 2.45) is 4.99 Å². The second-order valence-corrected chi connectivity index (χ2v) is 7.86. The van der Waals surface area contributed by atoms with Gasteiger partial charge in [-0.15, -0.1) is 0 Å². The van der Waals surface area contributed by atoms with Crippen molar-refractivity contribution in [3.05, 3.63) is 70.7 Å². The van der Waals surface area contributed by atoms with Gasteiger partial charge in [0.25, 0.3) is 5.91 Å². The third kappa shape index (κ3) is 5.19. The molecule has 0 aliphatic carbocycles. The van der Waals surface area contributed by atoms with Crippen LogP contribution in [0.15, 0.2) is 59.6 Å². The van der Waals surface area contributed by atoms with E-state index in [1.54, 1.807) is 0 Å². The Bertz CT molecular complexity index is 780. The van der Waals surface area contributed by atoms with Gasteiger partial charge < -0.3 is 17.3 Å². The molecule has 3 rings (SSSR count). The van der Waals surface area contributed by atoms with Gasteiger partial charge in [0.1, 0.15) is 11.3 Å². The van der Waals surface area contributed by atoms with Crippen LogP contribution in [0.25, 0.3) is 0 Å². The van der Waals surface area contributed by atoms with E-state index in [1.165, 1.54) is 24.2 Å². The van der Waals surface area contributed by atoms with Crippen LogP contribution in [0, 0.1) is 0 Å². The van der Waals surface area contributed by atoms with E-state index in [9.17, 15) is 4.79 Å². The second kappa shape index (κ2) is 9.50. The Hall–Kier alpha value is -1.68. The number of benzene rings is 2. The smallest absolute Gasteiger partial charge is 0.277 e. The van der Waals surface area contributed by atoms with Crippen molar-refractivity contribution >= 4 is 23.2 Å². The Morgan fingerprint density at radius 1 is 0.926 bits per heavy atom. The summed E-state index contributed by atoms with van der Waals surface area (Å²) in [4.78, 5) is 18.9. The lowest BCUT2D eigenvalue weighted by Crippen LogP contribution is -3.21. The van der Waals surface area contributed by atoms with Crippen molar-refractivity contribution in [3.63, 3.8) is 0 Å². The average molecular weight is 405 g/mol. The molecule has 0 aromatic heterocycles.